The van der Waals surface area contributed by atoms with E-state index in [1.54, 1.807) is 0 Å². The molecule has 82 valence electrons. The summed E-state index contributed by atoms with van der Waals surface area (Å²) in [7, 11) is 5.87. The third-order valence-electron chi connectivity index (χ3n) is 2.87. The number of rotatable bonds is 5. The minimum Gasteiger partial charge on any atom is -0.344 e. The van der Waals surface area contributed by atoms with Crippen LogP contribution in [0.3, 0.4) is 0 Å². The van der Waals surface area contributed by atoms with E-state index in [2.05, 4.69) is 10.2 Å². The standard InChI is InChI=1S/C10H21N3O/c1-11-6-4-7-12(2)9-5-8-13(3)10(9)14/h9,11H,4-8H2,1-3H3. The lowest BCUT2D eigenvalue weighted by molar-refractivity contribution is -0.130. The lowest BCUT2D eigenvalue weighted by Crippen LogP contribution is -2.39. The van der Waals surface area contributed by atoms with Gasteiger partial charge in [0, 0.05) is 13.6 Å². The van der Waals surface area contributed by atoms with Gasteiger partial charge in [-0.3, -0.25) is 9.69 Å². The van der Waals surface area contributed by atoms with E-state index in [9.17, 15) is 4.79 Å². The molecule has 1 fully saturated rings. The normalized spacial score (nSPS) is 22.4. The van der Waals surface area contributed by atoms with Gasteiger partial charge in [-0.05, 0) is 40.0 Å². The zero-order chi connectivity index (χ0) is 10.6. The van der Waals surface area contributed by atoms with Crippen molar-refractivity contribution in [2.45, 2.75) is 18.9 Å². The summed E-state index contributed by atoms with van der Waals surface area (Å²) in [5.74, 6) is 0.275. The molecular weight excluding hydrogens is 178 g/mol. The SMILES string of the molecule is CNCCCN(C)C1CCN(C)C1=O. The molecule has 0 saturated carbocycles. The minimum absolute atomic E-state index is 0.122. The first-order valence-electron chi connectivity index (χ1n) is 5.26. The molecule has 0 aromatic carbocycles. The number of hydrogen-bond donors (Lipinski definition) is 1. The van der Waals surface area contributed by atoms with Crippen molar-refractivity contribution in [3.05, 3.63) is 0 Å². The van der Waals surface area contributed by atoms with Crippen LogP contribution in [-0.2, 0) is 4.79 Å². The van der Waals surface area contributed by atoms with Gasteiger partial charge in [0.2, 0.25) is 5.91 Å². The Morgan fingerprint density at radius 3 is 2.86 bits per heavy atom. The van der Waals surface area contributed by atoms with Crippen LogP contribution in [0.25, 0.3) is 0 Å². The number of carbonyl (C=O) groups is 1. The molecule has 0 radical (unpaired) electrons. The summed E-state index contributed by atoms with van der Waals surface area (Å²) in [4.78, 5) is 15.6. The summed E-state index contributed by atoms with van der Waals surface area (Å²) < 4.78 is 0. The van der Waals surface area contributed by atoms with E-state index in [-0.39, 0.29) is 11.9 Å². The second-order valence-corrected chi connectivity index (χ2v) is 4.00. The highest BCUT2D eigenvalue weighted by Crippen LogP contribution is 2.14. The van der Waals surface area contributed by atoms with Gasteiger partial charge in [0.1, 0.15) is 0 Å². The van der Waals surface area contributed by atoms with Crippen molar-refractivity contribution in [1.82, 2.24) is 15.1 Å². The van der Waals surface area contributed by atoms with E-state index in [0.29, 0.717) is 0 Å². The van der Waals surface area contributed by atoms with Crippen LogP contribution in [0.2, 0.25) is 0 Å². The van der Waals surface area contributed by atoms with Gasteiger partial charge in [-0.15, -0.1) is 0 Å². The van der Waals surface area contributed by atoms with Gasteiger partial charge in [0.25, 0.3) is 0 Å². The maximum absolute atomic E-state index is 11.6. The molecule has 1 saturated heterocycles. The Bertz CT molecular complexity index is 196. The average Bonchev–Trinajstić information content (AvgIpc) is 2.48. The summed E-state index contributed by atoms with van der Waals surface area (Å²) in [5, 5.41) is 3.11. The Kier molecular flexibility index (Phi) is 4.35. The molecule has 0 aromatic heterocycles. The summed E-state index contributed by atoms with van der Waals surface area (Å²) >= 11 is 0. The van der Waals surface area contributed by atoms with Gasteiger partial charge in [0.05, 0.1) is 6.04 Å². The van der Waals surface area contributed by atoms with Crippen molar-refractivity contribution >= 4 is 5.91 Å². The maximum atomic E-state index is 11.6. The van der Waals surface area contributed by atoms with Crippen LogP contribution in [-0.4, -0.2) is 62.5 Å². The third kappa shape index (κ3) is 2.69. The number of likely N-dealkylation sites (tertiary alicyclic amines) is 1. The van der Waals surface area contributed by atoms with E-state index in [0.717, 1.165) is 32.5 Å². The molecule has 0 spiro atoms. The van der Waals surface area contributed by atoms with Crippen LogP contribution in [0, 0.1) is 0 Å². The third-order valence-corrected chi connectivity index (χ3v) is 2.87. The monoisotopic (exact) mass is 199 g/mol. The Labute approximate surface area is 86.2 Å². The molecule has 1 amide bonds. The number of likely N-dealkylation sites (N-methyl/N-ethyl adjacent to an activating group) is 2. The summed E-state index contributed by atoms with van der Waals surface area (Å²) in [6.07, 6.45) is 2.08. The van der Waals surface area contributed by atoms with E-state index in [1.165, 1.54) is 0 Å². The van der Waals surface area contributed by atoms with Gasteiger partial charge in [-0.25, -0.2) is 0 Å². The molecule has 0 bridgehead atoms. The van der Waals surface area contributed by atoms with Crippen molar-refractivity contribution in [3.63, 3.8) is 0 Å². The van der Waals surface area contributed by atoms with E-state index in [4.69, 9.17) is 0 Å². The topological polar surface area (TPSA) is 35.6 Å². The fourth-order valence-corrected chi connectivity index (χ4v) is 1.87. The molecule has 0 aromatic rings. The predicted octanol–water partition coefficient (Wildman–Crippen LogP) is -0.242. The minimum atomic E-state index is 0.122. The van der Waals surface area contributed by atoms with Crippen LogP contribution >= 0.6 is 0 Å². The Morgan fingerprint density at radius 1 is 1.64 bits per heavy atom. The van der Waals surface area contributed by atoms with Gasteiger partial charge in [-0.2, -0.15) is 0 Å². The fourth-order valence-electron chi connectivity index (χ4n) is 1.87. The lowest BCUT2D eigenvalue weighted by Gasteiger charge is -2.22. The first kappa shape index (κ1) is 11.5. The second-order valence-electron chi connectivity index (χ2n) is 4.00. The Hall–Kier alpha value is -0.610. The lowest BCUT2D eigenvalue weighted by atomic mass is 10.2. The summed E-state index contributed by atoms with van der Waals surface area (Å²) in [6, 6.07) is 0.122. The van der Waals surface area contributed by atoms with Crippen LogP contribution in [0.1, 0.15) is 12.8 Å². The Morgan fingerprint density at radius 2 is 2.36 bits per heavy atom. The van der Waals surface area contributed by atoms with Crippen LogP contribution in [0.4, 0.5) is 0 Å². The molecule has 1 aliphatic heterocycles. The first-order chi connectivity index (χ1) is 6.66. The first-order valence-corrected chi connectivity index (χ1v) is 5.26. The highest BCUT2D eigenvalue weighted by Gasteiger charge is 2.31. The van der Waals surface area contributed by atoms with Crippen molar-refractivity contribution in [2.75, 3.05) is 40.8 Å². The predicted molar refractivity (Wildman–Crippen MR) is 57.2 cm³/mol. The van der Waals surface area contributed by atoms with Crippen LogP contribution in [0.5, 0.6) is 0 Å². The van der Waals surface area contributed by atoms with Crippen molar-refractivity contribution in [2.24, 2.45) is 0 Å². The molecule has 1 N–H and O–H groups in total. The van der Waals surface area contributed by atoms with Crippen molar-refractivity contribution in [3.8, 4) is 0 Å². The summed E-state index contributed by atoms with van der Waals surface area (Å²) in [5.41, 5.74) is 0. The molecule has 0 aliphatic carbocycles. The van der Waals surface area contributed by atoms with Gasteiger partial charge < -0.3 is 10.2 Å². The quantitative estimate of drug-likeness (QED) is 0.621. The van der Waals surface area contributed by atoms with Crippen molar-refractivity contribution < 1.29 is 4.79 Å². The number of amides is 1. The molecule has 1 heterocycles. The van der Waals surface area contributed by atoms with E-state index < -0.39 is 0 Å². The van der Waals surface area contributed by atoms with Crippen molar-refractivity contribution in [1.29, 1.82) is 0 Å². The highest BCUT2D eigenvalue weighted by molar-refractivity contribution is 5.83. The van der Waals surface area contributed by atoms with E-state index >= 15 is 0 Å². The molecule has 4 heteroatoms. The zero-order valence-corrected chi connectivity index (χ0v) is 9.42. The summed E-state index contributed by atoms with van der Waals surface area (Å²) in [6.45, 7) is 2.91. The smallest absolute Gasteiger partial charge is 0.239 e. The molecule has 1 atom stereocenters. The number of carbonyl (C=O) groups excluding carboxylic acids is 1. The zero-order valence-electron chi connectivity index (χ0n) is 9.42. The largest absolute Gasteiger partial charge is 0.344 e. The molecule has 1 aliphatic rings. The van der Waals surface area contributed by atoms with Gasteiger partial charge >= 0.3 is 0 Å². The van der Waals surface area contributed by atoms with Gasteiger partial charge in [0.15, 0.2) is 0 Å². The highest BCUT2D eigenvalue weighted by atomic mass is 16.2. The number of hydrogen-bond acceptors (Lipinski definition) is 3. The molecule has 1 rings (SSSR count). The molecule has 14 heavy (non-hydrogen) atoms. The van der Waals surface area contributed by atoms with Gasteiger partial charge in [-0.1, -0.05) is 0 Å². The number of nitrogens with one attached hydrogen (secondary N) is 1. The Balaban J connectivity index is 2.30. The van der Waals surface area contributed by atoms with E-state index in [1.807, 2.05) is 26.0 Å². The molecule has 4 nitrogen and oxygen atoms in total. The number of nitrogens with zero attached hydrogens (tertiary/aromatic N) is 2. The van der Waals surface area contributed by atoms with Crippen LogP contribution in [0.15, 0.2) is 0 Å². The maximum Gasteiger partial charge on any atom is 0.239 e. The fraction of sp³-hybridized carbons (Fsp3) is 0.900. The molecule has 1 unspecified atom stereocenters. The van der Waals surface area contributed by atoms with Crippen LogP contribution < -0.4 is 5.32 Å². The average molecular weight is 199 g/mol. The second kappa shape index (κ2) is 5.32. The molecular formula is C10H21N3O.